The predicted molar refractivity (Wildman–Crippen MR) is 70.5 cm³/mol. The largest absolute Gasteiger partial charge is 0.314 e. The first-order valence-corrected chi connectivity index (χ1v) is 6.74. The molecule has 0 saturated heterocycles. The number of nitrogens with one attached hydrogen (secondary N) is 1. The van der Waals surface area contributed by atoms with Gasteiger partial charge in [-0.3, -0.25) is 0 Å². The Labute approximate surface area is 97.7 Å². The van der Waals surface area contributed by atoms with Crippen molar-refractivity contribution in [1.29, 1.82) is 0 Å². The number of hydrogen-bond donors (Lipinski definition) is 1. The summed E-state index contributed by atoms with van der Waals surface area (Å²) in [5.41, 5.74) is 2.79. The lowest BCUT2D eigenvalue weighted by atomic mass is 10.2. The monoisotopic (exact) mass is 223 g/mol. The highest BCUT2D eigenvalue weighted by Gasteiger charge is 2.00. The molecule has 0 bridgehead atoms. The van der Waals surface area contributed by atoms with Crippen LogP contribution in [0.15, 0.2) is 24.3 Å². The van der Waals surface area contributed by atoms with E-state index in [1.165, 1.54) is 16.9 Å². The van der Waals surface area contributed by atoms with Gasteiger partial charge in [0, 0.05) is 17.5 Å². The number of aryl methyl sites for hydroxylation is 1. The lowest BCUT2D eigenvalue weighted by Crippen LogP contribution is -2.27. The van der Waals surface area contributed by atoms with Gasteiger partial charge in [0.1, 0.15) is 0 Å². The lowest BCUT2D eigenvalue weighted by molar-refractivity contribution is 0.620. The van der Waals surface area contributed by atoms with Crippen molar-refractivity contribution in [2.24, 2.45) is 0 Å². The molecule has 15 heavy (non-hydrogen) atoms. The van der Waals surface area contributed by atoms with Crippen molar-refractivity contribution in [1.82, 2.24) is 5.32 Å². The molecule has 1 rings (SSSR count). The molecule has 1 aromatic rings. The molecule has 1 nitrogen and oxygen atoms in total. The molecule has 0 aromatic heterocycles. The van der Waals surface area contributed by atoms with Gasteiger partial charge >= 0.3 is 0 Å². The molecule has 0 heterocycles. The third-order valence-corrected chi connectivity index (χ3v) is 3.54. The second kappa shape index (κ2) is 6.91. The molecule has 1 N–H and O–H groups in total. The van der Waals surface area contributed by atoms with Crippen LogP contribution in [0.25, 0.3) is 0 Å². The summed E-state index contributed by atoms with van der Waals surface area (Å²) in [6.45, 7) is 7.61. The number of benzene rings is 1. The smallest absolute Gasteiger partial charge is 0.0185 e. The fourth-order valence-corrected chi connectivity index (χ4v) is 2.57. The Bertz CT molecular complexity index is 286. The molecule has 0 aliphatic rings. The Morgan fingerprint density at radius 1 is 1.40 bits per heavy atom. The molecular formula is C13H21NS. The Balaban J connectivity index is 2.25. The Morgan fingerprint density at radius 3 is 2.87 bits per heavy atom. The zero-order valence-corrected chi connectivity index (χ0v) is 10.7. The highest BCUT2D eigenvalue weighted by atomic mass is 32.2. The van der Waals surface area contributed by atoms with Crippen LogP contribution in [0.3, 0.4) is 0 Å². The van der Waals surface area contributed by atoms with E-state index >= 15 is 0 Å². The van der Waals surface area contributed by atoms with E-state index in [0.717, 1.165) is 12.3 Å². The lowest BCUT2D eigenvalue weighted by Gasteiger charge is -2.11. The van der Waals surface area contributed by atoms with Gasteiger partial charge in [-0.2, -0.15) is 11.8 Å². The van der Waals surface area contributed by atoms with Crippen molar-refractivity contribution in [3.05, 3.63) is 35.4 Å². The molecule has 0 radical (unpaired) electrons. The predicted octanol–water partition coefficient (Wildman–Crippen LogP) is 3.23. The fourth-order valence-electron chi connectivity index (χ4n) is 1.56. The average Bonchev–Trinajstić information content (AvgIpc) is 2.18. The highest BCUT2D eigenvalue weighted by Crippen LogP contribution is 2.14. The van der Waals surface area contributed by atoms with Crippen LogP contribution in [-0.2, 0) is 5.75 Å². The van der Waals surface area contributed by atoms with Crippen LogP contribution in [0.2, 0.25) is 0 Å². The van der Waals surface area contributed by atoms with Crippen molar-refractivity contribution < 1.29 is 0 Å². The minimum Gasteiger partial charge on any atom is -0.314 e. The van der Waals surface area contributed by atoms with Gasteiger partial charge in [0.05, 0.1) is 0 Å². The summed E-state index contributed by atoms with van der Waals surface area (Å²) >= 11 is 2.00. The van der Waals surface area contributed by atoms with E-state index < -0.39 is 0 Å². The van der Waals surface area contributed by atoms with Crippen LogP contribution in [0.5, 0.6) is 0 Å². The van der Waals surface area contributed by atoms with Gasteiger partial charge in [0.25, 0.3) is 0 Å². The Hall–Kier alpha value is -0.470. The molecular weight excluding hydrogens is 202 g/mol. The van der Waals surface area contributed by atoms with Crippen molar-refractivity contribution in [3.8, 4) is 0 Å². The topological polar surface area (TPSA) is 12.0 Å². The average molecular weight is 223 g/mol. The maximum Gasteiger partial charge on any atom is 0.0185 e. The van der Waals surface area contributed by atoms with Gasteiger partial charge in [-0.05, 0) is 26.0 Å². The molecule has 0 spiro atoms. The Morgan fingerprint density at radius 2 is 2.20 bits per heavy atom. The summed E-state index contributed by atoms with van der Waals surface area (Å²) in [6, 6.07) is 9.38. The second-order valence-electron chi connectivity index (χ2n) is 3.96. The summed E-state index contributed by atoms with van der Waals surface area (Å²) in [6.07, 6.45) is 0. The second-order valence-corrected chi connectivity index (χ2v) is 4.99. The number of hydrogen-bond acceptors (Lipinski definition) is 2. The van der Waals surface area contributed by atoms with E-state index in [-0.39, 0.29) is 0 Å². The fraction of sp³-hybridized carbons (Fsp3) is 0.538. The molecule has 0 amide bonds. The van der Waals surface area contributed by atoms with Crippen LogP contribution in [0.4, 0.5) is 0 Å². The summed E-state index contributed by atoms with van der Waals surface area (Å²) in [5, 5.41) is 3.42. The maximum absolute atomic E-state index is 3.42. The van der Waals surface area contributed by atoms with Crippen molar-refractivity contribution in [2.75, 3.05) is 12.3 Å². The van der Waals surface area contributed by atoms with E-state index in [0.29, 0.717) is 6.04 Å². The Kier molecular flexibility index (Phi) is 5.81. The molecule has 0 fully saturated rings. The maximum atomic E-state index is 3.42. The summed E-state index contributed by atoms with van der Waals surface area (Å²) in [4.78, 5) is 0. The highest BCUT2D eigenvalue weighted by molar-refractivity contribution is 7.98. The molecule has 1 aromatic carbocycles. The van der Waals surface area contributed by atoms with E-state index in [9.17, 15) is 0 Å². The van der Waals surface area contributed by atoms with Gasteiger partial charge in [-0.15, -0.1) is 0 Å². The van der Waals surface area contributed by atoms with Crippen LogP contribution >= 0.6 is 11.8 Å². The van der Waals surface area contributed by atoms with Crippen LogP contribution in [0, 0.1) is 6.92 Å². The van der Waals surface area contributed by atoms with E-state index in [1.807, 2.05) is 11.8 Å². The first-order valence-electron chi connectivity index (χ1n) is 5.59. The van der Waals surface area contributed by atoms with Gasteiger partial charge in [-0.25, -0.2) is 0 Å². The molecule has 0 aliphatic heterocycles. The molecule has 2 heteroatoms. The molecule has 0 aliphatic carbocycles. The summed E-state index contributed by atoms with van der Waals surface area (Å²) in [7, 11) is 0. The van der Waals surface area contributed by atoms with Crippen LogP contribution in [-0.4, -0.2) is 18.3 Å². The van der Waals surface area contributed by atoms with Crippen molar-refractivity contribution in [2.45, 2.75) is 32.6 Å². The van der Waals surface area contributed by atoms with Gasteiger partial charge in [-0.1, -0.05) is 36.8 Å². The molecule has 1 unspecified atom stereocenters. The van der Waals surface area contributed by atoms with E-state index in [1.54, 1.807) is 0 Å². The minimum atomic E-state index is 0.616. The van der Waals surface area contributed by atoms with Gasteiger partial charge in [0.15, 0.2) is 0 Å². The molecule has 0 saturated carbocycles. The van der Waals surface area contributed by atoms with E-state index in [4.69, 9.17) is 0 Å². The third kappa shape index (κ3) is 5.24. The standard InChI is InChI=1S/C13H21NS/c1-4-14-12(3)9-15-10-13-7-5-6-11(2)8-13/h5-8,12,14H,4,9-10H2,1-3H3. The number of rotatable bonds is 6. The normalized spacial score (nSPS) is 12.7. The number of thioether (sulfide) groups is 1. The third-order valence-electron chi connectivity index (χ3n) is 2.27. The van der Waals surface area contributed by atoms with E-state index in [2.05, 4.69) is 50.4 Å². The molecule has 84 valence electrons. The zero-order valence-electron chi connectivity index (χ0n) is 9.92. The summed E-state index contributed by atoms with van der Waals surface area (Å²) < 4.78 is 0. The van der Waals surface area contributed by atoms with Crippen molar-refractivity contribution in [3.63, 3.8) is 0 Å². The first kappa shape index (κ1) is 12.6. The first-order chi connectivity index (χ1) is 7.22. The van der Waals surface area contributed by atoms with Gasteiger partial charge in [0.2, 0.25) is 0 Å². The van der Waals surface area contributed by atoms with Crippen molar-refractivity contribution >= 4 is 11.8 Å². The zero-order chi connectivity index (χ0) is 11.1. The molecule has 1 atom stereocenters. The SMILES string of the molecule is CCNC(C)CSCc1cccc(C)c1. The van der Waals surface area contributed by atoms with Crippen LogP contribution in [0.1, 0.15) is 25.0 Å². The summed E-state index contributed by atoms with van der Waals surface area (Å²) in [5.74, 6) is 2.30. The van der Waals surface area contributed by atoms with Crippen LogP contribution < -0.4 is 5.32 Å². The van der Waals surface area contributed by atoms with Gasteiger partial charge < -0.3 is 5.32 Å². The quantitative estimate of drug-likeness (QED) is 0.794. The minimum absolute atomic E-state index is 0.616.